The number of carbonyl (C=O) groups is 4. The second-order valence-corrected chi connectivity index (χ2v) is 20.3. The molecule has 5 aliphatic rings. The van der Waals surface area contributed by atoms with Crippen LogP contribution in [0.3, 0.4) is 0 Å². The minimum Gasteiger partial charge on any atom is -0.489 e. The van der Waals surface area contributed by atoms with Gasteiger partial charge in [0.15, 0.2) is 5.75 Å². The standard InChI is InChI=1S/C42H55F3N6O9S/c1-7-25-20-24(2)10-8-9-11-26-22-41(26,37(54)49-61(56,57)40(5)15-16-40)48-34(52)31-21-27(23-51(31)36(53)32(25)47-38(55)60-39(3,4)42(43,44)45)59-35-29-12-13-30-33(28(29)14-17-46-35)58-19-18-50(30)6/h9,11-14,17,24-27,31-32H,7-8,10,15-16,18-23H2,1-6H3,(H,47,55)(H,48,52)(H,49,54)/b11-9-/t24-,25+,26?,27+,31-,32-,41+/m0/s1. The van der Waals surface area contributed by atoms with E-state index in [1.807, 2.05) is 32.2 Å². The third-order valence-electron chi connectivity index (χ3n) is 13.1. The molecular weight excluding hydrogens is 822 g/mol. The highest BCUT2D eigenvalue weighted by Crippen LogP contribution is 2.48. The summed E-state index contributed by atoms with van der Waals surface area (Å²) in [5.41, 5.74) is -3.65. The van der Waals surface area contributed by atoms with E-state index in [1.165, 1.54) is 4.90 Å². The van der Waals surface area contributed by atoms with Gasteiger partial charge in [0, 0.05) is 36.4 Å². The van der Waals surface area contributed by atoms with E-state index in [9.17, 15) is 40.8 Å². The average molecular weight is 877 g/mol. The number of halogens is 3. The number of pyridine rings is 1. The highest BCUT2D eigenvalue weighted by Gasteiger charge is 2.63. The highest BCUT2D eigenvalue weighted by molar-refractivity contribution is 7.91. The molecule has 1 aromatic heterocycles. The first-order chi connectivity index (χ1) is 28.6. The lowest BCUT2D eigenvalue weighted by Crippen LogP contribution is -2.60. The lowest BCUT2D eigenvalue weighted by atomic mass is 9.85. The van der Waals surface area contributed by atoms with Gasteiger partial charge in [0.2, 0.25) is 33.3 Å². The van der Waals surface area contributed by atoms with E-state index in [0.29, 0.717) is 76.7 Å². The summed E-state index contributed by atoms with van der Waals surface area (Å²) < 4.78 is 86.5. The molecular formula is C42H55F3N6O9S. The van der Waals surface area contributed by atoms with Crippen LogP contribution in [0.4, 0.5) is 23.7 Å². The van der Waals surface area contributed by atoms with Gasteiger partial charge in [-0.05, 0) is 89.3 Å². The summed E-state index contributed by atoms with van der Waals surface area (Å²) in [6.07, 6.45) is 0.632. The van der Waals surface area contributed by atoms with Crippen LogP contribution in [0, 0.1) is 17.8 Å². The number of rotatable bonds is 8. The Hall–Kier alpha value is -4.81. The van der Waals surface area contributed by atoms with E-state index in [1.54, 1.807) is 32.2 Å². The Kier molecular flexibility index (Phi) is 11.7. The van der Waals surface area contributed by atoms with Gasteiger partial charge in [0.05, 0.1) is 23.5 Å². The van der Waals surface area contributed by atoms with Crippen LogP contribution in [0.1, 0.15) is 86.0 Å². The Balaban J connectivity index is 1.24. The molecule has 1 saturated heterocycles. The molecule has 15 nitrogen and oxygen atoms in total. The van der Waals surface area contributed by atoms with E-state index >= 15 is 0 Å². The van der Waals surface area contributed by atoms with Gasteiger partial charge in [0.1, 0.15) is 30.3 Å². The summed E-state index contributed by atoms with van der Waals surface area (Å²) in [5, 5.41) is 6.61. The fourth-order valence-corrected chi connectivity index (χ4v) is 9.87. The molecule has 2 saturated carbocycles. The zero-order valence-corrected chi connectivity index (χ0v) is 36.1. The maximum absolute atomic E-state index is 15.0. The molecule has 0 spiro atoms. The molecule has 3 aliphatic heterocycles. The number of anilines is 1. The van der Waals surface area contributed by atoms with Crippen molar-refractivity contribution in [2.24, 2.45) is 17.8 Å². The number of benzene rings is 1. The molecule has 1 aromatic carbocycles. The first kappa shape index (κ1) is 44.3. The van der Waals surface area contributed by atoms with Crippen molar-refractivity contribution < 1.29 is 55.0 Å². The maximum atomic E-state index is 15.0. The topological polar surface area (TPSA) is 186 Å². The van der Waals surface area contributed by atoms with E-state index in [4.69, 9.17) is 14.2 Å². The molecule has 2 aliphatic carbocycles. The number of nitrogens with zero attached hydrogens (tertiary/aromatic N) is 3. The van der Waals surface area contributed by atoms with Crippen molar-refractivity contribution in [3.63, 3.8) is 0 Å². The van der Waals surface area contributed by atoms with Crippen molar-refractivity contribution >= 4 is 50.3 Å². The van der Waals surface area contributed by atoms with Crippen LogP contribution in [0.2, 0.25) is 0 Å². The average Bonchev–Trinajstić information content (AvgIpc) is 4.07. The molecule has 7 atom stereocenters. The number of alkyl carbamates (subject to hydrolysis) is 1. The molecule has 61 heavy (non-hydrogen) atoms. The Morgan fingerprint density at radius 2 is 1.85 bits per heavy atom. The molecule has 0 radical (unpaired) electrons. The van der Waals surface area contributed by atoms with Crippen LogP contribution in [0.15, 0.2) is 36.5 Å². The van der Waals surface area contributed by atoms with Crippen molar-refractivity contribution in [2.45, 2.75) is 126 Å². The normalized spacial score (nSPS) is 29.7. The summed E-state index contributed by atoms with van der Waals surface area (Å²) in [5.74, 6) is -2.74. The van der Waals surface area contributed by atoms with Crippen LogP contribution >= 0.6 is 0 Å². The Labute approximate surface area is 353 Å². The number of carbonyl (C=O) groups excluding carboxylic acids is 4. The van der Waals surface area contributed by atoms with Crippen molar-refractivity contribution in [2.75, 3.05) is 31.6 Å². The second-order valence-electron chi connectivity index (χ2n) is 18.1. The third kappa shape index (κ3) is 8.67. The second kappa shape index (κ2) is 16.1. The van der Waals surface area contributed by atoms with E-state index in [-0.39, 0.29) is 31.2 Å². The Bertz CT molecular complexity index is 2220. The Morgan fingerprint density at radius 1 is 1.11 bits per heavy atom. The van der Waals surface area contributed by atoms with E-state index in [0.717, 1.165) is 11.1 Å². The number of likely N-dealkylation sites (N-methyl/N-ethyl adjacent to an activating group) is 1. The molecule has 334 valence electrons. The summed E-state index contributed by atoms with van der Waals surface area (Å²) in [4.78, 5) is 64.7. The smallest absolute Gasteiger partial charge is 0.427 e. The van der Waals surface area contributed by atoms with Crippen molar-refractivity contribution in [3.8, 4) is 11.6 Å². The van der Waals surface area contributed by atoms with E-state index < -0.39 is 85.9 Å². The predicted molar refractivity (Wildman–Crippen MR) is 218 cm³/mol. The summed E-state index contributed by atoms with van der Waals surface area (Å²) in [6, 6.07) is 2.78. The summed E-state index contributed by atoms with van der Waals surface area (Å²) >= 11 is 0. The van der Waals surface area contributed by atoms with Crippen LogP contribution in [-0.2, 0) is 29.1 Å². The van der Waals surface area contributed by atoms with Crippen LogP contribution in [-0.4, -0.2) is 109 Å². The number of amides is 4. The van der Waals surface area contributed by atoms with Gasteiger partial charge in [-0.1, -0.05) is 32.4 Å². The van der Waals surface area contributed by atoms with Gasteiger partial charge >= 0.3 is 12.3 Å². The molecule has 4 amide bonds. The maximum Gasteiger partial charge on any atom is 0.427 e. The minimum absolute atomic E-state index is 0.0340. The molecule has 3 fully saturated rings. The monoisotopic (exact) mass is 876 g/mol. The molecule has 3 N–H and O–H groups in total. The number of alkyl halides is 3. The third-order valence-corrected chi connectivity index (χ3v) is 15.3. The number of ether oxygens (including phenoxy) is 3. The van der Waals surface area contributed by atoms with Gasteiger partial charge in [-0.15, -0.1) is 0 Å². The number of hydrogen-bond acceptors (Lipinski definition) is 11. The lowest BCUT2D eigenvalue weighted by molar-refractivity contribution is -0.244. The Morgan fingerprint density at radius 3 is 2.54 bits per heavy atom. The first-order valence-corrected chi connectivity index (χ1v) is 22.4. The quantitative estimate of drug-likeness (QED) is 0.299. The molecule has 2 aromatic rings. The number of sulfonamides is 1. The number of fused-ring (bicyclic) bond motifs is 5. The molecule has 7 rings (SSSR count). The van der Waals surface area contributed by atoms with Crippen molar-refractivity contribution in [3.05, 3.63) is 36.5 Å². The lowest BCUT2D eigenvalue weighted by Gasteiger charge is -2.35. The van der Waals surface area contributed by atoms with Gasteiger partial charge in [-0.25, -0.2) is 18.2 Å². The number of hydrogen-bond donors (Lipinski definition) is 3. The SMILES string of the molecule is CC[C@@H]1C[C@@H](C)CC/C=C\C2C[C@@]2(C(=O)NS(=O)(=O)C2(C)CC2)NC(=O)[C@@H]2C[C@@H](Oc3nccc4c5c(ccc34)N(C)CCO5)CN2C(=O)[C@H]1NC(=O)OC(C)(C)C(F)(F)F. The van der Waals surface area contributed by atoms with Crippen molar-refractivity contribution in [1.29, 1.82) is 0 Å². The largest absolute Gasteiger partial charge is 0.489 e. The van der Waals surface area contributed by atoms with E-state index in [2.05, 4.69) is 25.2 Å². The molecule has 4 heterocycles. The molecule has 19 heteroatoms. The fourth-order valence-electron chi connectivity index (χ4n) is 8.56. The zero-order valence-electron chi connectivity index (χ0n) is 35.3. The number of allylic oxidation sites excluding steroid dienone is 1. The van der Waals surface area contributed by atoms with Crippen LogP contribution in [0.25, 0.3) is 10.8 Å². The minimum atomic E-state index is -4.92. The van der Waals surface area contributed by atoms with Crippen LogP contribution < -0.4 is 29.7 Å². The summed E-state index contributed by atoms with van der Waals surface area (Å²) in [6.45, 7) is 7.67. The van der Waals surface area contributed by atoms with Crippen LogP contribution in [0.5, 0.6) is 11.6 Å². The van der Waals surface area contributed by atoms with Gasteiger partial charge in [-0.3, -0.25) is 19.1 Å². The predicted octanol–water partition coefficient (Wildman–Crippen LogP) is 5.12. The number of nitrogens with one attached hydrogen (secondary N) is 3. The molecule has 0 bridgehead atoms. The first-order valence-electron chi connectivity index (χ1n) is 20.9. The van der Waals surface area contributed by atoms with Crippen molar-refractivity contribution in [1.82, 2.24) is 25.2 Å². The van der Waals surface area contributed by atoms with Gasteiger partial charge in [0.25, 0.3) is 5.91 Å². The van der Waals surface area contributed by atoms with Gasteiger partial charge in [-0.2, -0.15) is 13.2 Å². The summed E-state index contributed by atoms with van der Waals surface area (Å²) in [7, 11) is -2.13. The van der Waals surface area contributed by atoms with Gasteiger partial charge < -0.3 is 34.6 Å². The molecule has 1 unspecified atom stereocenters. The zero-order chi connectivity index (χ0) is 44.3. The fraction of sp³-hybridized carbons (Fsp3) is 0.643. The highest BCUT2D eigenvalue weighted by atomic mass is 32.2. The number of aromatic nitrogens is 1.